The molecule has 0 bridgehead atoms. The first kappa shape index (κ1) is 16.6. The number of fused-ring (bicyclic) bond motifs is 1. The molecule has 1 saturated heterocycles. The minimum Gasteiger partial charge on any atom is -0.358 e. The third-order valence-corrected chi connectivity index (χ3v) is 4.40. The van der Waals surface area contributed by atoms with Gasteiger partial charge in [0.05, 0.1) is 6.33 Å². The first-order valence-electron chi connectivity index (χ1n) is 8.56. The van der Waals surface area contributed by atoms with Crippen molar-refractivity contribution in [3.8, 4) is 0 Å². The molecule has 1 atom stereocenters. The Morgan fingerprint density at radius 1 is 1.27 bits per heavy atom. The van der Waals surface area contributed by atoms with Crippen LogP contribution in [0.2, 0.25) is 0 Å². The average Bonchev–Trinajstić information content (AvgIpc) is 3.08. The van der Waals surface area contributed by atoms with E-state index in [-0.39, 0.29) is 6.23 Å². The number of carbonyl (C=O) groups excluding carboxylic acids is 1. The normalized spacial score (nSPS) is 17.3. The summed E-state index contributed by atoms with van der Waals surface area (Å²) in [7, 11) is 0. The summed E-state index contributed by atoms with van der Waals surface area (Å²) in [6.07, 6.45) is 4.75. The van der Waals surface area contributed by atoms with Gasteiger partial charge in [-0.05, 0) is 37.0 Å². The van der Waals surface area contributed by atoms with Gasteiger partial charge in [0.1, 0.15) is 12.5 Å². The molecule has 2 aromatic heterocycles. The molecule has 3 aromatic rings. The summed E-state index contributed by atoms with van der Waals surface area (Å²) in [6, 6.07) is 7.29. The fourth-order valence-corrected chi connectivity index (χ4v) is 3.09. The maximum absolute atomic E-state index is 14.0. The van der Waals surface area contributed by atoms with E-state index in [0.29, 0.717) is 30.0 Å². The van der Waals surface area contributed by atoms with Crippen molar-refractivity contribution < 1.29 is 13.9 Å². The quantitative estimate of drug-likeness (QED) is 0.559. The Balaban J connectivity index is 1.66. The minimum atomic E-state index is -0.824. The Kier molecular flexibility index (Phi) is 4.57. The van der Waals surface area contributed by atoms with E-state index in [1.165, 1.54) is 0 Å². The number of aldehydes is 1. The van der Waals surface area contributed by atoms with Crippen LogP contribution in [-0.4, -0.2) is 32.4 Å². The molecule has 1 fully saturated rings. The van der Waals surface area contributed by atoms with Crippen molar-refractivity contribution >= 4 is 29.0 Å². The summed E-state index contributed by atoms with van der Waals surface area (Å²) in [4.78, 5) is 22.7. The number of benzene rings is 1. The standard InChI is InChI=1S/C18H18FN5O2/c19-18-22-16(21-13-6-4-12(5-7-13)8-9-25)15-17(23-18)24(11-20-15)14-3-1-2-10-26-14/h4-7,9,11,14H,1-3,8,10H2,(H,21,22,23). The topological polar surface area (TPSA) is 81.9 Å². The van der Waals surface area contributed by atoms with Crippen LogP contribution in [0.15, 0.2) is 30.6 Å². The molecule has 1 N–H and O–H groups in total. The number of aromatic nitrogens is 4. The minimum absolute atomic E-state index is 0.182. The van der Waals surface area contributed by atoms with E-state index >= 15 is 0 Å². The zero-order valence-electron chi connectivity index (χ0n) is 14.1. The molecule has 0 spiro atoms. The van der Waals surface area contributed by atoms with Crippen LogP contribution in [0.25, 0.3) is 11.2 Å². The fourth-order valence-electron chi connectivity index (χ4n) is 3.09. The summed E-state index contributed by atoms with van der Waals surface area (Å²) in [5.74, 6) is 0.296. The number of imidazole rings is 1. The molecule has 0 saturated carbocycles. The second-order valence-corrected chi connectivity index (χ2v) is 6.18. The number of hydrogen-bond donors (Lipinski definition) is 1. The Bertz CT molecular complexity index is 919. The van der Waals surface area contributed by atoms with Gasteiger partial charge in [-0.2, -0.15) is 14.4 Å². The Morgan fingerprint density at radius 3 is 2.85 bits per heavy atom. The number of ether oxygens (including phenoxy) is 1. The van der Waals surface area contributed by atoms with Gasteiger partial charge >= 0.3 is 6.08 Å². The molecular formula is C18H18FN5O2. The molecule has 3 heterocycles. The Morgan fingerprint density at radius 2 is 2.12 bits per heavy atom. The summed E-state index contributed by atoms with van der Waals surface area (Å²) in [6.45, 7) is 0.677. The molecular weight excluding hydrogens is 337 g/mol. The molecule has 7 nitrogen and oxygen atoms in total. The van der Waals surface area contributed by atoms with Gasteiger partial charge in [-0.1, -0.05) is 12.1 Å². The van der Waals surface area contributed by atoms with E-state index in [1.54, 1.807) is 10.9 Å². The van der Waals surface area contributed by atoms with E-state index in [1.807, 2.05) is 24.3 Å². The number of nitrogens with zero attached hydrogens (tertiary/aromatic N) is 4. The van der Waals surface area contributed by atoms with Gasteiger partial charge in [-0.3, -0.25) is 4.57 Å². The van der Waals surface area contributed by atoms with Crippen molar-refractivity contribution in [1.82, 2.24) is 19.5 Å². The summed E-state index contributed by atoms with van der Waals surface area (Å²) < 4.78 is 21.5. The van der Waals surface area contributed by atoms with Crippen LogP contribution >= 0.6 is 0 Å². The lowest BCUT2D eigenvalue weighted by Gasteiger charge is -2.23. The van der Waals surface area contributed by atoms with Crippen LogP contribution in [0.1, 0.15) is 31.1 Å². The number of halogens is 1. The highest BCUT2D eigenvalue weighted by Gasteiger charge is 2.21. The lowest BCUT2D eigenvalue weighted by molar-refractivity contribution is -0.107. The predicted octanol–water partition coefficient (Wildman–Crippen LogP) is 3.15. The third kappa shape index (κ3) is 3.28. The number of anilines is 2. The molecule has 1 aromatic carbocycles. The molecule has 26 heavy (non-hydrogen) atoms. The van der Waals surface area contributed by atoms with E-state index in [9.17, 15) is 9.18 Å². The molecule has 134 valence electrons. The van der Waals surface area contributed by atoms with Crippen molar-refractivity contribution in [1.29, 1.82) is 0 Å². The Labute approximate surface area is 149 Å². The number of nitrogens with one attached hydrogen (secondary N) is 1. The van der Waals surface area contributed by atoms with Crippen molar-refractivity contribution in [2.45, 2.75) is 31.9 Å². The average molecular weight is 355 g/mol. The molecule has 8 heteroatoms. The first-order valence-corrected chi connectivity index (χ1v) is 8.56. The smallest absolute Gasteiger partial charge is 0.312 e. The van der Waals surface area contributed by atoms with Crippen LogP contribution in [0.4, 0.5) is 15.9 Å². The van der Waals surface area contributed by atoms with E-state index in [2.05, 4.69) is 20.3 Å². The van der Waals surface area contributed by atoms with Crippen LogP contribution in [0.3, 0.4) is 0 Å². The lowest BCUT2D eigenvalue weighted by atomic mass is 10.1. The van der Waals surface area contributed by atoms with Gasteiger partial charge in [0, 0.05) is 18.7 Å². The highest BCUT2D eigenvalue weighted by molar-refractivity contribution is 5.85. The van der Waals surface area contributed by atoms with Gasteiger partial charge in [-0.15, -0.1) is 0 Å². The lowest BCUT2D eigenvalue weighted by Crippen LogP contribution is -2.18. The number of rotatable bonds is 5. The van der Waals surface area contributed by atoms with Crippen LogP contribution < -0.4 is 5.32 Å². The third-order valence-electron chi connectivity index (χ3n) is 4.40. The van der Waals surface area contributed by atoms with Crippen LogP contribution in [0.5, 0.6) is 0 Å². The van der Waals surface area contributed by atoms with E-state index < -0.39 is 6.08 Å². The van der Waals surface area contributed by atoms with Gasteiger partial charge in [-0.25, -0.2) is 4.98 Å². The van der Waals surface area contributed by atoms with Crippen molar-refractivity contribution in [3.63, 3.8) is 0 Å². The SMILES string of the molecule is O=CCc1ccc(Nc2nc(F)nc3c2ncn3C2CCCCO2)cc1. The zero-order valence-corrected chi connectivity index (χ0v) is 14.1. The number of carbonyl (C=O) groups is 1. The molecule has 0 radical (unpaired) electrons. The second-order valence-electron chi connectivity index (χ2n) is 6.18. The van der Waals surface area contributed by atoms with Crippen molar-refractivity contribution in [3.05, 3.63) is 42.2 Å². The van der Waals surface area contributed by atoms with Gasteiger partial charge in [0.2, 0.25) is 0 Å². The summed E-state index contributed by atoms with van der Waals surface area (Å²) in [5, 5.41) is 3.08. The van der Waals surface area contributed by atoms with Crippen molar-refractivity contribution in [2.75, 3.05) is 11.9 Å². The molecule has 4 rings (SSSR count). The molecule has 1 aliphatic rings. The first-order chi connectivity index (χ1) is 12.7. The van der Waals surface area contributed by atoms with Crippen LogP contribution in [-0.2, 0) is 16.0 Å². The highest BCUT2D eigenvalue weighted by Crippen LogP contribution is 2.28. The molecule has 1 unspecified atom stereocenters. The van der Waals surface area contributed by atoms with Crippen molar-refractivity contribution in [2.24, 2.45) is 0 Å². The largest absolute Gasteiger partial charge is 0.358 e. The second kappa shape index (κ2) is 7.17. The van der Waals surface area contributed by atoms with E-state index in [4.69, 9.17) is 4.74 Å². The highest BCUT2D eigenvalue weighted by atomic mass is 19.1. The van der Waals surface area contributed by atoms with Gasteiger partial charge in [0.15, 0.2) is 17.0 Å². The molecule has 0 aliphatic carbocycles. The van der Waals surface area contributed by atoms with E-state index in [0.717, 1.165) is 36.8 Å². The fraction of sp³-hybridized carbons (Fsp3) is 0.333. The van der Waals surface area contributed by atoms with Gasteiger partial charge < -0.3 is 14.8 Å². The predicted molar refractivity (Wildman–Crippen MR) is 93.6 cm³/mol. The van der Waals surface area contributed by atoms with Crippen LogP contribution in [0, 0.1) is 6.08 Å². The van der Waals surface area contributed by atoms with Gasteiger partial charge in [0.25, 0.3) is 0 Å². The maximum atomic E-state index is 14.0. The maximum Gasteiger partial charge on any atom is 0.312 e. The monoisotopic (exact) mass is 355 g/mol. The zero-order chi connectivity index (χ0) is 17.9. The Hall–Kier alpha value is -2.87. The number of hydrogen-bond acceptors (Lipinski definition) is 6. The summed E-state index contributed by atoms with van der Waals surface area (Å²) in [5.41, 5.74) is 2.52. The molecule has 1 aliphatic heterocycles. The molecule has 0 amide bonds. The summed E-state index contributed by atoms with van der Waals surface area (Å²) >= 11 is 0.